The van der Waals surface area contributed by atoms with E-state index in [1.807, 2.05) is 41.8 Å². The topological polar surface area (TPSA) is 83.0 Å². The van der Waals surface area contributed by atoms with Gasteiger partial charge in [0.15, 0.2) is 0 Å². The monoisotopic (exact) mass is 391 g/mol. The van der Waals surface area contributed by atoms with Crippen LogP contribution in [-0.4, -0.2) is 26.6 Å². The predicted molar refractivity (Wildman–Crippen MR) is 112 cm³/mol. The van der Waals surface area contributed by atoms with Crippen LogP contribution in [0, 0.1) is 0 Å². The average molecular weight is 392 g/mol. The van der Waals surface area contributed by atoms with Crippen molar-refractivity contribution >= 4 is 27.5 Å². The van der Waals surface area contributed by atoms with Crippen LogP contribution in [0.4, 0.5) is 5.95 Å². The van der Waals surface area contributed by atoms with Crippen LogP contribution < -0.4 is 10.6 Å². The minimum atomic E-state index is -0.855. The Labute approximate surface area is 167 Å². The number of pyridine rings is 1. The molecule has 0 aliphatic heterocycles. The zero-order chi connectivity index (χ0) is 19.2. The van der Waals surface area contributed by atoms with Crippen molar-refractivity contribution in [2.45, 2.75) is 19.2 Å². The highest BCUT2D eigenvalue weighted by molar-refractivity contribution is 7.17. The highest BCUT2D eigenvalue weighted by Gasteiger charge is 2.16. The lowest BCUT2D eigenvalue weighted by atomic mass is 10.1. The van der Waals surface area contributed by atoms with E-state index in [1.165, 1.54) is 16.9 Å². The summed E-state index contributed by atoms with van der Waals surface area (Å²) in [7, 11) is 0. The van der Waals surface area contributed by atoms with Crippen LogP contribution in [0.3, 0.4) is 0 Å². The van der Waals surface area contributed by atoms with E-state index >= 15 is 0 Å². The number of benzene rings is 1. The molecule has 0 saturated heterocycles. The summed E-state index contributed by atoms with van der Waals surface area (Å²) in [6.07, 6.45) is 3.53. The maximum atomic E-state index is 10.7. The lowest BCUT2D eigenvalue weighted by Crippen LogP contribution is -2.24. The summed E-state index contributed by atoms with van der Waals surface area (Å²) in [5.41, 5.74) is 3.69. The number of aromatic nitrogens is 3. The van der Waals surface area contributed by atoms with E-state index in [0.29, 0.717) is 24.7 Å². The number of rotatable bonds is 8. The van der Waals surface area contributed by atoms with Crippen LogP contribution >= 0.6 is 11.3 Å². The summed E-state index contributed by atoms with van der Waals surface area (Å²) in [4.78, 5) is 13.2. The summed E-state index contributed by atoms with van der Waals surface area (Å²) >= 11 is 1.53. The van der Waals surface area contributed by atoms with Gasteiger partial charge in [-0.25, -0.2) is 9.97 Å². The molecule has 1 atom stereocenters. The van der Waals surface area contributed by atoms with Gasteiger partial charge in [-0.15, -0.1) is 11.3 Å². The first-order valence-corrected chi connectivity index (χ1v) is 10.0. The number of aliphatic hydroxyl groups excluding tert-OH is 1. The van der Waals surface area contributed by atoms with Gasteiger partial charge in [0.1, 0.15) is 11.9 Å². The van der Waals surface area contributed by atoms with Gasteiger partial charge in [0.2, 0.25) is 5.95 Å². The molecule has 0 aliphatic rings. The van der Waals surface area contributed by atoms with Crippen LogP contribution in [0.5, 0.6) is 0 Å². The second-order valence-electron chi connectivity index (χ2n) is 6.37. The van der Waals surface area contributed by atoms with E-state index in [0.717, 1.165) is 22.2 Å². The standard InChI is InChI=1S/C21H21N5OS/c27-20(23-11-8-15-5-2-1-3-6-15)18-19-17(9-12-28-19)25-21(26-18)24-14-16-7-4-10-22-13-16/h1-7,9-10,12-13,20,23,27H,8,11,14H2,(H,24,25,26). The molecule has 3 aromatic heterocycles. The molecule has 3 heterocycles. The van der Waals surface area contributed by atoms with Gasteiger partial charge >= 0.3 is 0 Å². The Kier molecular flexibility index (Phi) is 5.86. The first-order chi connectivity index (χ1) is 13.8. The molecule has 6 nitrogen and oxygen atoms in total. The molecule has 4 rings (SSSR count). The Morgan fingerprint density at radius 2 is 1.86 bits per heavy atom. The van der Waals surface area contributed by atoms with Crippen molar-refractivity contribution in [3.8, 4) is 0 Å². The Morgan fingerprint density at radius 3 is 2.68 bits per heavy atom. The summed E-state index contributed by atoms with van der Waals surface area (Å²) in [5.74, 6) is 0.494. The van der Waals surface area contributed by atoms with Crippen LogP contribution in [0.2, 0.25) is 0 Å². The van der Waals surface area contributed by atoms with Crippen molar-refractivity contribution in [1.82, 2.24) is 20.3 Å². The van der Waals surface area contributed by atoms with Gasteiger partial charge in [-0.2, -0.15) is 0 Å². The number of nitrogens with one attached hydrogen (secondary N) is 2. The zero-order valence-electron chi connectivity index (χ0n) is 15.2. The fraction of sp³-hybridized carbons (Fsp3) is 0.190. The number of hydrogen-bond acceptors (Lipinski definition) is 7. The molecule has 1 aromatic carbocycles. The van der Waals surface area contributed by atoms with Gasteiger partial charge in [-0.1, -0.05) is 36.4 Å². The van der Waals surface area contributed by atoms with Crippen molar-refractivity contribution in [3.05, 3.63) is 83.1 Å². The molecule has 0 radical (unpaired) electrons. The summed E-state index contributed by atoms with van der Waals surface area (Å²) in [6, 6.07) is 16.0. The maximum Gasteiger partial charge on any atom is 0.223 e. The molecular weight excluding hydrogens is 370 g/mol. The fourth-order valence-corrected chi connectivity index (χ4v) is 3.77. The molecule has 7 heteroatoms. The molecular formula is C21H21N5OS. The van der Waals surface area contributed by atoms with E-state index < -0.39 is 6.23 Å². The number of thiophene rings is 1. The van der Waals surface area contributed by atoms with Gasteiger partial charge in [0, 0.05) is 25.5 Å². The number of nitrogens with zero attached hydrogens (tertiary/aromatic N) is 3. The Balaban J connectivity index is 1.46. The van der Waals surface area contributed by atoms with Crippen molar-refractivity contribution in [3.63, 3.8) is 0 Å². The molecule has 4 aromatic rings. The average Bonchev–Trinajstić information content (AvgIpc) is 3.22. The summed E-state index contributed by atoms with van der Waals surface area (Å²) in [5, 5.41) is 19.0. The van der Waals surface area contributed by atoms with E-state index in [1.54, 1.807) is 12.4 Å². The molecule has 3 N–H and O–H groups in total. The molecule has 0 spiro atoms. The lowest BCUT2D eigenvalue weighted by Gasteiger charge is -2.15. The lowest BCUT2D eigenvalue weighted by molar-refractivity contribution is 0.137. The highest BCUT2D eigenvalue weighted by Crippen LogP contribution is 2.27. The van der Waals surface area contributed by atoms with Crippen molar-refractivity contribution in [2.24, 2.45) is 0 Å². The number of aliphatic hydroxyl groups is 1. The van der Waals surface area contributed by atoms with Crippen molar-refractivity contribution < 1.29 is 5.11 Å². The quantitative estimate of drug-likeness (QED) is 0.399. The third-order valence-corrected chi connectivity index (χ3v) is 5.28. The van der Waals surface area contributed by atoms with Gasteiger partial charge in [-0.3, -0.25) is 10.3 Å². The molecule has 0 bridgehead atoms. The first kappa shape index (κ1) is 18.5. The SMILES string of the molecule is OC(NCCc1ccccc1)c1nc(NCc2cccnc2)nc2ccsc12. The minimum Gasteiger partial charge on any atom is -0.373 e. The van der Waals surface area contributed by atoms with E-state index in [2.05, 4.69) is 37.7 Å². The number of fused-ring (bicyclic) bond motifs is 1. The first-order valence-electron chi connectivity index (χ1n) is 9.13. The number of anilines is 1. The summed E-state index contributed by atoms with van der Waals surface area (Å²) in [6.45, 7) is 1.22. The van der Waals surface area contributed by atoms with Crippen molar-refractivity contribution in [2.75, 3.05) is 11.9 Å². The van der Waals surface area contributed by atoms with Gasteiger partial charge in [0.25, 0.3) is 0 Å². The largest absolute Gasteiger partial charge is 0.373 e. The molecule has 0 amide bonds. The Hall–Kier alpha value is -2.87. The van der Waals surface area contributed by atoms with Gasteiger partial charge in [0.05, 0.1) is 10.2 Å². The van der Waals surface area contributed by atoms with Gasteiger partial charge < -0.3 is 10.4 Å². The normalized spacial score (nSPS) is 12.2. The molecule has 0 saturated carbocycles. The Bertz CT molecular complexity index is 1020. The molecule has 28 heavy (non-hydrogen) atoms. The fourth-order valence-electron chi connectivity index (χ4n) is 2.93. The third-order valence-electron chi connectivity index (χ3n) is 4.36. The number of hydrogen-bond donors (Lipinski definition) is 3. The highest BCUT2D eigenvalue weighted by atomic mass is 32.1. The van der Waals surface area contributed by atoms with E-state index in [4.69, 9.17) is 0 Å². The zero-order valence-corrected chi connectivity index (χ0v) is 16.1. The minimum absolute atomic E-state index is 0.494. The summed E-state index contributed by atoms with van der Waals surface area (Å²) < 4.78 is 0.895. The van der Waals surface area contributed by atoms with Crippen LogP contribution in [0.25, 0.3) is 10.2 Å². The van der Waals surface area contributed by atoms with Crippen LogP contribution in [0.1, 0.15) is 23.0 Å². The molecule has 1 unspecified atom stereocenters. The van der Waals surface area contributed by atoms with Gasteiger partial charge in [-0.05, 0) is 35.1 Å². The second kappa shape index (κ2) is 8.88. The van der Waals surface area contributed by atoms with Crippen molar-refractivity contribution in [1.29, 1.82) is 0 Å². The smallest absolute Gasteiger partial charge is 0.223 e. The van der Waals surface area contributed by atoms with Crippen LogP contribution in [0.15, 0.2) is 66.3 Å². The Morgan fingerprint density at radius 1 is 1.00 bits per heavy atom. The third kappa shape index (κ3) is 4.51. The van der Waals surface area contributed by atoms with E-state index in [9.17, 15) is 5.11 Å². The maximum absolute atomic E-state index is 10.7. The molecule has 0 aliphatic carbocycles. The molecule has 0 fully saturated rings. The van der Waals surface area contributed by atoms with E-state index in [-0.39, 0.29) is 0 Å². The molecule has 142 valence electrons. The second-order valence-corrected chi connectivity index (χ2v) is 7.29. The van der Waals surface area contributed by atoms with Crippen LogP contribution in [-0.2, 0) is 13.0 Å². The predicted octanol–water partition coefficient (Wildman–Crippen LogP) is 3.52.